The van der Waals surface area contributed by atoms with Crippen LogP contribution in [-0.2, 0) is 17.6 Å². The number of nitriles is 1. The van der Waals surface area contributed by atoms with Gasteiger partial charge in [-0.3, -0.25) is 14.6 Å². The molecule has 4 aliphatic rings. The number of carbonyl (C=O) groups excluding carboxylic acids is 1. The van der Waals surface area contributed by atoms with Gasteiger partial charge in [0.2, 0.25) is 12.7 Å². The molecular weight excluding hydrogens is 681 g/mol. The van der Waals surface area contributed by atoms with Gasteiger partial charge >= 0.3 is 0 Å². The highest BCUT2D eigenvalue weighted by Gasteiger charge is 2.56. The van der Waals surface area contributed by atoms with E-state index >= 15 is 0 Å². The number of ether oxygens (including phenoxy) is 4. The topological polar surface area (TPSA) is 141 Å². The number of likely N-dealkylation sites (N-methyl/N-ethyl adjacent to an activating group) is 1. The van der Waals surface area contributed by atoms with Crippen molar-refractivity contribution in [2.45, 2.75) is 69.9 Å². The van der Waals surface area contributed by atoms with Crippen LogP contribution in [0, 0.1) is 25.2 Å². The summed E-state index contributed by atoms with van der Waals surface area (Å²) >= 11 is 5.51. The maximum absolute atomic E-state index is 13.8. The number of fused-ring (bicyclic) bond motifs is 9. The van der Waals surface area contributed by atoms with Crippen molar-refractivity contribution in [3.8, 4) is 34.8 Å². The number of phenols is 1. The fourth-order valence-corrected chi connectivity index (χ4v) is 8.96. The molecule has 4 N–H and O–H groups in total. The molecule has 7 rings (SSSR count). The summed E-state index contributed by atoms with van der Waals surface area (Å²) in [5.41, 5.74) is 5.99. The number of piperazine rings is 1. The van der Waals surface area contributed by atoms with Crippen LogP contribution in [0.1, 0.15) is 52.4 Å². The number of aromatic hydroxyl groups is 1. The lowest BCUT2D eigenvalue weighted by Crippen LogP contribution is -2.69. The van der Waals surface area contributed by atoms with Crippen molar-refractivity contribution in [2.24, 2.45) is 0 Å². The van der Waals surface area contributed by atoms with Crippen LogP contribution in [0.5, 0.6) is 28.7 Å². The lowest BCUT2D eigenvalue weighted by Gasteiger charge is -2.60. The van der Waals surface area contributed by atoms with Gasteiger partial charge in [0.25, 0.3) is 0 Å². The van der Waals surface area contributed by atoms with E-state index in [-0.39, 0.29) is 49.7 Å². The summed E-state index contributed by atoms with van der Waals surface area (Å²) in [6, 6.07) is 11.7. The van der Waals surface area contributed by atoms with Crippen LogP contribution in [0.3, 0.4) is 0 Å². The molecule has 12 nitrogen and oxygen atoms in total. The monoisotopic (exact) mass is 724 g/mol. The Balaban J connectivity index is 1.31. The van der Waals surface area contributed by atoms with Crippen LogP contribution in [0.2, 0.25) is 0 Å². The van der Waals surface area contributed by atoms with E-state index in [1.807, 2.05) is 51.2 Å². The minimum atomic E-state index is -0.671. The van der Waals surface area contributed by atoms with Gasteiger partial charge in [0, 0.05) is 46.6 Å². The number of hydrogen-bond acceptors (Lipinski definition) is 10. The Kier molecular flexibility index (Phi) is 9.65. The Morgan fingerprint density at radius 1 is 1.17 bits per heavy atom. The van der Waals surface area contributed by atoms with E-state index in [4.69, 9.17) is 31.2 Å². The van der Waals surface area contributed by atoms with Gasteiger partial charge in [-0.15, -0.1) is 0 Å². The molecule has 3 aromatic rings. The molecule has 0 radical (unpaired) electrons. The van der Waals surface area contributed by atoms with Crippen LogP contribution in [0.15, 0.2) is 49.1 Å². The summed E-state index contributed by atoms with van der Waals surface area (Å²) < 4.78 is 24.3. The summed E-state index contributed by atoms with van der Waals surface area (Å²) in [5, 5.41) is 32.4. The molecule has 0 aliphatic carbocycles. The van der Waals surface area contributed by atoms with Crippen molar-refractivity contribution in [3.05, 3.63) is 82.4 Å². The maximum atomic E-state index is 13.8. The molecule has 4 heterocycles. The largest absolute Gasteiger partial charge is 0.504 e. The zero-order chi connectivity index (χ0) is 36.8. The molecule has 52 heavy (non-hydrogen) atoms. The number of nitrogens with zero attached hydrogens (tertiary/aromatic N) is 3. The van der Waals surface area contributed by atoms with Crippen molar-refractivity contribution in [3.63, 3.8) is 0 Å². The predicted molar refractivity (Wildman–Crippen MR) is 200 cm³/mol. The van der Waals surface area contributed by atoms with Crippen LogP contribution in [-0.4, -0.2) is 84.2 Å². The average Bonchev–Trinajstić information content (AvgIpc) is 3.62. The zero-order valence-electron chi connectivity index (χ0n) is 30.0. The number of anilines is 1. The Morgan fingerprint density at radius 3 is 2.63 bits per heavy atom. The predicted octanol–water partition coefficient (Wildman–Crippen LogP) is 4.57. The number of carbonyl (C=O) groups is 1. The Hall–Kier alpha value is -5.03. The van der Waals surface area contributed by atoms with Gasteiger partial charge in [-0.2, -0.15) is 5.26 Å². The quantitative estimate of drug-likeness (QED) is 0.182. The zero-order valence-corrected chi connectivity index (χ0v) is 30.8. The van der Waals surface area contributed by atoms with Crippen LogP contribution in [0.25, 0.3) is 0 Å². The molecule has 3 aromatic carbocycles. The Labute approximate surface area is 309 Å². The third-order valence-corrected chi connectivity index (χ3v) is 11.1. The van der Waals surface area contributed by atoms with Gasteiger partial charge in [0.15, 0.2) is 28.1 Å². The second-order valence-corrected chi connectivity index (χ2v) is 14.2. The number of aryl methyl sites for hydroxylation is 1. The van der Waals surface area contributed by atoms with Gasteiger partial charge in [-0.25, -0.2) is 0 Å². The van der Waals surface area contributed by atoms with E-state index in [1.54, 1.807) is 20.1 Å². The number of hydrogen-bond donors (Lipinski definition) is 4. The van der Waals surface area contributed by atoms with Gasteiger partial charge in [-0.1, -0.05) is 36.9 Å². The third-order valence-electron chi connectivity index (χ3n) is 10.9. The van der Waals surface area contributed by atoms with E-state index in [0.29, 0.717) is 41.0 Å². The fraction of sp³-hybridized carbons (Fsp3) is 0.410. The lowest BCUT2D eigenvalue weighted by molar-refractivity contribution is -0.123. The van der Waals surface area contributed by atoms with Gasteiger partial charge in [0.1, 0.15) is 24.4 Å². The second kappa shape index (κ2) is 14.2. The number of benzene rings is 3. The van der Waals surface area contributed by atoms with E-state index < -0.39 is 18.1 Å². The van der Waals surface area contributed by atoms with E-state index in [0.717, 1.165) is 39.1 Å². The first-order chi connectivity index (χ1) is 25.1. The molecular formula is C39H44N6O6S. The first-order valence-corrected chi connectivity index (χ1v) is 17.9. The van der Waals surface area contributed by atoms with Gasteiger partial charge < -0.3 is 40.0 Å². The van der Waals surface area contributed by atoms with Gasteiger partial charge in [-0.05, 0) is 76.1 Å². The SMILES string of the molecule is C=CCOc1c(C)c2c(c3c1CC1[C@H]4c5c(cc(C)c(OC)c5O)C[C@H]([C@H](C#N)N1[C@H]3CNC(=O)[C@H](C)NC(=S)Nc1ccccc1)N4C)OCO2. The highest BCUT2D eigenvalue weighted by atomic mass is 32.1. The molecule has 1 saturated heterocycles. The fourth-order valence-electron chi connectivity index (χ4n) is 8.67. The number of nitrogens with one attached hydrogen (secondary N) is 3. The Morgan fingerprint density at radius 2 is 1.92 bits per heavy atom. The van der Waals surface area contributed by atoms with Crippen LogP contribution >= 0.6 is 12.2 Å². The number of amides is 1. The lowest BCUT2D eigenvalue weighted by atomic mass is 9.71. The number of phenolic OH excluding ortho intramolecular Hbond substituents is 1. The minimum Gasteiger partial charge on any atom is -0.504 e. The first-order valence-electron chi connectivity index (χ1n) is 17.5. The number of rotatable bonds is 9. The summed E-state index contributed by atoms with van der Waals surface area (Å²) in [7, 11) is 3.59. The van der Waals surface area contributed by atoms with Crippen molar-refractivity contribution in [1.82, 2.24) is 20.4 Å². The molecule has 2 bridgehead atoms. The summed E-state index contributed by atoms with van der Waals surface area (Å²) in [5.74, 6) is 2.14. The number of methoxy groups -OCH3 is 1. The van der Waals surface area contributed by atoms with E-state index in [2.05, 4.69) is 44.5 Å². The number of para-hydroxylation sites is 1. The minimum absolute atomic E-state index is 0.0406. The standard InChI is InChI=1S/C39H44N6O6S/c1-7-13-49-35-21(3)36-37(51-19-50-36)31-25(35)16-27-32-30-23(14-20(2)34(48-6)33(30)46)15-26(44(32)5)28(17-40)45(27)29(31)18-41-38(47)22(4)42-39(52)43-24-11-9-8-10-12-24/h7-12,14,22,26-29,32,46H,1,13,15-16,18-19H2,2-6H3,(H,41,47)(H2,42,43,52)/t22-,26+,27?,28-,29-,32-/m0/s1. The highest BCUT2D eigenvalue weighted by Crippen LogP contribution is 2.58. The van der Waals surface area contributed by atoms with Crippen molar-refractivity contribution >= 4 is 28.9 Å². The molecule has 272 valence electrons. The molecule has 0 spiro atoms. The second-order valence-electron chi connectivity index (χ2n) is 13.8. The smallest absolute Gasteiger partial charge is 0.242 e. The average molecular weight is 725 g/mol. The van der Waals surface area contributed by atoms with Crippen LogP contribution < -0.4 is 34.9 Å². The third kappa shape index (κ3) is 5.84. The molecule has 0 saturated carbocycles. The van der Waals surface area contributed by atoms with Gasteiger partial charge in [0.05, 0.1) is 25.3 Å². The highest BCUT2D eigenvalue weighted by molar-refractivity contribution is 7.80. The van der Waals surface area contributed by atoms with Crippen molar-refractivity contribution in [2.75, 3.05) is 39.4 Å². The normalized spacial score (nSPS) is 23.2. The van der Waals surface area contributed by atoms with E-state index in [9.17, 15) is 15.2 Å². The maximum Gasteiger partial charge on any atom is 0.242 e. The molecule has 6 atom stereocenters. The molecule has 1 amide bonds. The molecule has 0 aromatic heterocycles. The molecule has 1 fully saturated rings. The first kappa shape index (κ1) is 35.4. The summed E-state index contributed by atoms with van der Waals surface area (Å²) in [6.07, 6.45) is 2.74. The number of thiocarbonyl (C=S) groups is 1. The molecule has 1 unspecified atom stereocenters. The Bertz CT molecular complexity index is 1970. The molecule has 4 aliphatic heterocycles. The van der Waals surface area contributed by atoms with E-state index in [1.165, 1.54) is 0 Å². The van der Waals surface area contributed by atoms with Crippen LogP contribution in [0.4, 0.5) is 5.69 Å². The molecule has 13 heteroatoms. The van der Waals surface area contributed by atoms with Crippen molar-refractivity contribution < 1.29 is 28.8 Å². The summed E-state index contributed by atoms with van der Waals surface area (Å²) in [4.78, 5) is 18.2. The summed E-state index contributed by atoms with van der Waals surface area (Å²) in [6.45, 7) is 9.96. The van der Waals surface area contributed by atoms with Crippen molar-refractivity contribution in [1.29, 1.82) is 5.26 Å².